The van der Waals surface area contributed by atoms with E-state index < -0.39 is 0 Å². The van der Waals surface area contributed by atoms with Crippen molar-refractivity contribution in [3.05, 3.63) is 59.2 Å². The number of aryl methyl sites for hydroxylation is 1. The van der Waals surface area contributed by atoms with Gasteiger partial charge < -0.3 is 4.90 Å². The maximum Gasteiger partial charge on any atom is 0.159 e. The van der Waals surface area contributed by atoms with Gasteiger partial charge in [0.2, 0.25) is 0 Å². The van der Waals surface area contributed by atoms with E-state index in [4.69, 9.17) is 0 Å². The molecule has 0 bridgehead atoms. The molecule has 5 rings (SSSR count). The predicted molar refractivity (Wildman–Crippen MR) is 106 cm³/mol. The maximum absolute atomic E-state index is 11.7. The number of carbonyl (C=O) groups excluding carboxylic acids is 1. The molecule has 3 aliphatic rings. The topological polar surface area (TPSA) is 20.3 Å². The second-order valence-electron chi connectivity index (χ2n) is 8.81. The number of rotatable bonds is 2. The van der Waals surface area contributed by atoms with E-state index in [0.717, 1.165) is 23.0 Å². The van der Waals surface area contributed by atoms with Crippen LogP contribution in [0.15, 0.2) is 42.5 Å². The monoisotopic (exact) mass is 345 g/mol. The van der Waals surface area contributed by atoms with E-state index >= 15 is 0 Å². The predicted octanol–water partition coefficient (Wildman–Crippen LogP) is 4.93. The fraction of sp³-hybridized carbons (Fsp3) is 0.458. The highest BCUT2D eigenvalue weighted by atomic mass is 16.1. The van der Waals surface area contributed by atoms with Crippen LogP contribution in [0.5, 0.6) is 0 Å². The fourth-order valence-corrected chi connectivity index (χ4v) is 6.23. The van der Waals surface area contributed by atoms with Crippen molar-refractivity contribution >= 4 is 5.78 Å². The minimum absolute atomic E-state index is 0.133. The molecule has 2 aromatic rings. The first-order valence-electron chi connectivity index (χ1n) is 9.99. The van der Waals surface area contributed by atoms with Gasteiger partial charge in [0.1, 0.15) is 0 Å². The Morgan fingerprint density at radius 3 is 2.81 bits per heavy atom. The third-order valence-electron chi connectivity index (χ3n) is 7.39. The number of Topliss-reactive ketones (excluding diaryl/α,β-unsaturated/α-hetero) is 1. The zero-order valence-corrected chi connectivity index (χ0v) is 15.8. The van der Waals surface area contributed by atoms with Gasteiger partial charge in [-0.3, -0.25) is 4.79 Å². The molecule has 26 heavy (non-hydrogen) atoms. The van der Waals surface area contributed by atoms with Crippen LogP contribution in [0.2, 0.25) is 0 Å². The third kappa shape index (κ3) is 2.31. The van der Waals surface area contributed by atoms with Crippen LogP contribution in [0.4, 0.5) is 0 Å². The minimum atomic E-state index is 0.133. The SMILES string of the molecule is CC(=O)c1cccc(-c2ccc3c(c2)CCC24CN(C)C[C@H]2CC[C@H]34)c1. The van der Waals surface area contributed by atoms with Crippen LogP contribution >= 0.6 is 0 Å². The van der Waals surface area contributed by atoms with E-state index in [1.165, 1.54) is 44.3 Å². The van der Waals surface area contributed by atoms with E-state index in [2.05, 4.69) is 36.2 Å². The maximum atomic E-state index is 11.7. The number of fused-ring (bicyclic) bond motifs is 2. The Balaban J connectivity index is 1.52. The molecule has 0 radical (unpaired) electrons. The number of carbonyl (C=O) groups is 1. The van der Waals surface area contributed by atoms with Crippen LogP contribution < -0.4 is 0 Å². The summed E-state index contributed by atoms with van der Waals surface area (Å²) in [6, 6.07) is 15.1. The molecular formula is C24H27NO. The van der Waals surface area contributed by atoms with E-state index in [-0.39, 0.29) is 5.78 Å². The first-order chi connectivity index (χ1) is 12.6. The van der Waals surface area contributed by atoms with Crippen molar-refractivity contribution in [2.24, 2.45) is 11.3 Å². The molecule has 1 heterocycles. The first kappa shape index (κ1) is 16.3. The molecule has 1 saturated heterocycles. The van der Waals surface area contributed by atoms with Crippen molar-refractivity contribution in [2.75, 3.05) is 20.1 Å². The van der Waals surface area contributed by atoms with Gasteiger partial charge in [0.15, 0.2) is 5.78 Å². The highest BCUT2D eigenvalue weighted by Gasteiger charge is 2.56. The molecule has 1 spiro atoms. The molecule has 134 valence electrons. The lowest BCUT2D eigenvalue weighted by Gasteiger charge is -2.41. The Hall–Kier alpha value is -1.93. The van der Waals surface area contributed by atoms with Gasteiger partial charge in [-0.25, -0.2) is 0 Å². The number of hydrogen-bond acceptors (Lipinski definition) is 2. The quantitative estimate of drug-likeness (QED) is 0.720. The molecule has 0 N–H and O–H groups in total. The third-order valence-corrected chi connectivity index (χ3v) is 7.39. The van der Waals surface area contributed by atoms with Gasteiger partial charge in [0.05, 0.1) is 0 Å². The van der Waals surface area contributed by atoms with Crippen LogP contribution in [0, 0.1) is 11.3 Å². The van der Waals surface area contributed by atoms with Gasteiger partial charge in [-0.1, -0.05) is 36.4 Å². The lowest BCUT2D eigenvalue weighted by molar-refractivity contribution is 0.101. The van der Waals surface area contributed by atoms with Crippen molar-refractivity contribution in [2.45, 2.75) is 38.5 Å². The molecule has 0 aromatic heterocycles. The standard InChI is InChI=1S/C24H27NO/c1-16(26)17-4-3-5-18(12-17)19-6-8-22-20(13-19)10-11-24-15-25(2)14-21(24)7-9-23(22)24/h3-6,8,12-13,21,23H,7,9-11,14-15H2,1-2H3/t21-,23-,24?/m1/s1. The largest absolute Gasteiger partial charge is 0.305 e. The first-order valence-corrected chi connectivity index (χ1v) is 9.99. The van der Waals surface area contributed by atoms with E-state index in [1.807, 2.05) is 18.2 Å². The van der Waals surface area contributed by atoms with Gasteiger partial charge in [-0.2, -0.15) is 0 Å². The van der Waals surface area contributed by atoms with E-state index in [1.54, 1.807) is 18.1 Å². The lowest BCUT2D eigenvalue weighted by Crippen LogP contribution is -2.36. The number of benzene rings is 2. The van der Waals surface area contributed by atoms with Gasteiger partial charge in [-0.05, 0) is 85.2 Å². The fourth-order valence-electron chi connectivity index (χ4n) is 6.23. The van der Waals surface area contributed by atoms with Gasteiger partial charge in [-0.15, -0.1) is 0 Å². The summed E-state index contributed by atoms with van der Waals surface area (Å²) in [5.41, 5.74) is 6.90. The average molecular weight is 345 g/mol. The highest BCUT2D eigenvalue weighted by molar-refractivity contribution is 5.95. The minimum Gasteiger partial charge on any atom is -0.305 e. The van der Waals surface area contributed by atoms with Crippen molar-refractivity contribution in [3.63, 3.8) is 0 Å². The van der Waals surface area contributed by atoms with Crippen LogP contribution in [0.25, 0.3) is 11.1 Å². The Bertz CT molecular complexity index is 886. The van der Waals surface area contributed by atoms with Crippen molar-refractivity contribution in [1.29, 1.82) is 0 Å². The lowest BCUT2D eigenvalue weighted by atomic mass is 9.63. The summed E-state index contributed by atoms with van der Waals surface area (Å²) in [6.45, 7) is 4.21. The summed E-state index contributed by atoms with van der Waals surface area (Å²) in [5.74, 6) is 1.78. The number of hydrogen-bond donors (Lipinski definition) is 0. The summed E-state index contributed by atoms with van der Waals surface area (Å²) in [7, 11) is 2.30. The molecule has 2 aromatic carbocycles. The van der Waals surface area contributed by atoms with Crippen LogP contribution in [-0.2, 0) is 6.42 Å². The second-order valence-corrected chi connectivity index (χ2v) is 8.81. The van der Waals surface area contributed by atoms with Crippen LogP contribution in [-0.4, -0.2) is 30.8 Å². The summed E-state index contributed by atoms with van der Waals surface area (Å²) < 4.78 is 0. The Morgan fingerprint density at radius 1 is 1.12 bits per heavy atom. The normalized spacial score (nSPS) is 29.9. The van der Waals surface area contributed by atoms with E-state index in [0.29, 0.717) is 5.41 Å². The molecule has 1 aliphatic heterocycles. The average Bonchev–Trinajstić information content (AvgIpc) is 3.14. The summed E-state index contributed by atoms with van der Waals surface area (Å²) in [4.78, 5) is 14.3. The molecule has 2 heteroatoms. The Morgan fingerprint density at radius 2 is 1.96 bits per heavy atom. The molecule has 0 amide bonds. The summed E-state index contributed by atoms with van der Waals surface area (Å²) in [5, 5.41) is 0. The second kappa shape index (κ2) is 5.79. The van der Waals surface area contributed by atoms with Crippen molar-refractivity contribution < 1.29 is 4.79 Å². The van der Waals surface area contributed by atoms with E-state index in [9.17, 15) is 4.79 Å². The molecule has 3 atom stereocenters. The van der Waals surface area contributed by atoms with Gasteiger partial charge >= 0.3 is 0 Å². The molecule has 2 fully saturated rings. The smallest absolute Gasteiger partial charge is 0.159 e. The van der Waals surface area contributed by atoms with Crippen molar-refractivity contribution in [1.82, 2.24) is 4.90 Å². The highest BCUT2D eigenvalue weighted by Crippen LogP contribution is 2.61. The zero-order valence-electron chi connectivity index (χ0n) is 15.8. The summed E-state index contributed by atoms with van der Waals surface area (Å²) >= 11 is 0. The van der Waals surface area contributed by atoms with Crippen molar-refractivity contribution in [3.8, 4) is 11.1 Å². The molecule has 1 saturated carbocycles. The van der Waals surface area contributed by atoms with Gasteiger partial charge in [0.25, 0.3) is 0 Å². The molecule has 2 nitrogen and oxygen atoms in total. The summed E-state index contributed by atoms with van der Waals surface area (Å²) in [6.07, 6.45) is 5.31. The molecule has 1 unspecified atom stereocenters. The number of likely N-dealkylation sites (tertiary alicyclic amines) is 1. The van der Waals surface area contributed by atoms with Gasteiger partial charge in [0, 0.05) is 18.7 Å². The Labute approximate surface area is 156 Å². The zero-order chi connectivity index (χ0) is 17.9. The molecular weight excluding hydrogens is 318 g/mol. The Kier molecular flexibility index (Phi) is 3.62. The number of ketones is 1. The van der Waals surface area contributed by atoms with Crippen LogP contribution in [0.3, 0.4) is 0 Å². The van der Waals surface area contributed by atoms with Crippen LogP contribution in [0.1, 0.15) is 53.6 Å². The number of nitrogens with zero attached hydrogens (tertiary/aromatic N) is 1. The molecule has 2 aliphatic carbocycles.